The molecule has 21 heavy (non-hydrogen) atoms. The zero-order valence-electron chi connectivity index (χ0n) is 12.0. The van der Waals surface area contributed by atoms with Crippen molar-refractivity contribution in [2.75, 3.05) is 5.32 Å². The molecular formula is C16H17FN2O2. The summed E-state index contributed by atoms with van der Waals surface area (Å²) in [6, 6.07) is 10.1. The molecule has 4 nitrogen and oxygen atoms in total. The van der Waals surface area contributed by atoms with E-state index in [-0.39, 0.29) is 16.4 Å². The molecule has 110 valence electrons. The van der Waals surface area contributed by atoms with Gasteiger partial charge in [0.2, 0.25) is 0 Å². The van der Waals surface area contributed by atoms with Crippen molar-refractivity contribution >= 4 is 11.4 Å². The molecule has 2 aromatic rings. The summed E-state index contributed by atoms with van der Waals surface area (Å²) < 4.78 is 13.5. The summed E-state index contributed by atoms with van der Waals surface area (Å²) >= 11 is 0. The first-order chi connectivity index (χ1) is 10.0. The molecule has 2 aromatic carbocycles. The number of nitrogens with one attached hydrogen (secondary N) is 1. The van der Waals surface area contributed by atoms with E-state index in [1.165, 1.54) is 12.1 Å². The van der Waals surface area contributed by atoms with Crippen molar-refractivity contribution in [2.24, 2.45) is 0 Å². The fourth-order valence-corrected chi connectivity index (χ4v) is 2.09. The molecular weight excluding hydrogens is 271 g/mol. The van der Waals surface area contributed by atoms with Crippen LogP contribution in [0.1, 0.15) is 23.6 Å². The lowest BCUT2D eigenvalue weighted by molar-refractivity contribution is -0.385. The standard InChI is InChI=1S/C16H17FN2O2/c1-3-13-6-7-14(9-16(13)19(20)21)18-10-12-5-4-11(2)15(17)8-12/h4-9,18H,3,10H2,1-2H3. The van der Waals surface area contributed by atoms with Gasteiger partial charge >= 0.3 is 0 Å². The van der Waals surface area contributed by atoms with E-state index < -0.39 is 0 Å². The van der Waals surface area contributed by atoms with Crippen molar-refractivity contribution in [2.45, 2.75) is 26.8 Å². The first kappa shape index (κ1) is 15.0. The predicted molar refractivity (Wildman–Crippen MR) is 80.9 cm³/mol. The fraction of sp³-hybridized carbons (Fsp3) is 0.250. The zero-order chi connectivity index (χ0) is 15.4. The number of aryl methyl sites for hydroxylation is 2. The van der Waals surface area contributed by atoms with Crippen LogP contribution in [0.5, 0.6) is 0 Å². The van der Waals surface area contributed by atoms with Gasteiger partial charge in [-0.15, -0.1) is 0 Å². The Morgan fingerprint density at radius 2 is 2.00 bits per heavy atom. The Morgan fingerprint density at radius 1 is 1.24 bits per heavy atom. The van der Waals surface area contributed by atoms with E-state index in [9.17, 15) is 14.5 Å². The topological polar surface area (TPSA) is 55.2 Å². The molecule has 0 aliphatic heterocycles. The van der Waals surface area contributed by atoms with Crippen molar-refractivity contribution < 1.29 is 9.31 Å². The molecule has 0 fully saturated rings. The quantitative estimate of drug-likeness (QED) is 0.662. The van der Waals surface area contributed by atoms with Crippen LogP contribution in [0, 0.1) is 22.9 Å². The fourth-order valence-electron chi connectivity index (χ4n) is 2.09. The molecule has 0 amide bonds. The maximum atomic E-state index is 13.5. The summed E-state index contributed by atoms with van der Waals surface area (Å²) in [6.45, 7) is 4.00. The largest absolute Gasteiger partial charge is 0.381 e. The van der Waals surface area contributed by atoms with Crippen molar-refractivity contribution in [1.82, 2.24) is 0 Å². The second-order valence-electron chi connectivity index (χ2n) is 4.89. The molecule has 2 rings (SSSR count). The minimum absolute atomic E-state index is 0.109. The molecule has 0 atom stereocenters. The van der Waals surface area contributed by atoms with E-state index in [1.807, 2.05) is 13.0 Å². The van der Waals surface area contributed by atoms with Crippen LogP contribution in [0.4, 0.5) is 15.8 Å². The van der Waals surface area contributed by atoms with E-state index >= 15 is 0 Å². The van der Waals surface area contributed by atoms with Gasteiger partial charge in [-0.25, -0.2) is 4.39 Å². The number of anilines is 1. The highest BCUT2D eigenvalue weighted by Gasteiger charge is 2.12. The number of halogens is 1. The van der Waals surface area contributed by atoms with Crippen LogP contribution >= 0.6 is 0 Å². The molecule has 0 heterocycles. The third kappa shape index (κ3) is 3.56. The van der Waals surface area contributed by atoms with Crippen LogP contribution in [0.25, 0.3) is 0 Å². The molecule has 0 aliphatic carbocycles. The molecule has 5 heteroatoms. The van der Waals surface area contributed by atoms with E-state index in [0.29, 0.717) is 29.8 Å². The number of rotatable bonds is 5. The minimum atomic E-state index is -0.379. The second kappa shape index (κ2) is 6.35. The Bertz CT molecular complexity index is 671. The van der Waals surface area contributed by atoms with Gasteiger partial charge in [0.15, 0.2) is 0 Å². The molecule has 1 N–H and O–H groups in total. The molecule has 0 saturated carbocycles. The lowest BCUT2D eigenvalue weighted by Gasteiger charge is -2.09. The van der Waals surface area contributed by atoms with Crippen LogP contribution in [0.3, 0.4) is 0 Å². The van der Waals surface area contributed by atoms with Gasteiger partial charge in [0.25, 0.3) is 5.69 Å². The normalized spacial score (nSPS) is 10.4. The summed E-state index contributed by atoms with van der Waals surface area (Å²) in [5.74, 6) is -0.249. The maximum absolute atomic E-state index is 13.5. The van der Waals surface area contributed by atoms with Gasteiger partial charge in [0.05, 0.1) is 4.92 Å². The van der Waals surface area contributed by atoms with Gasteiger partial charge < -0.3 is 5.32 Å². The average molecular weight is 288 g/mol. The number of nitrogens with zero attached hydrogens (tertiary/aromatic N) is 1. The average Bonchev–Trinajstić information content (AvgIpc) is 2.48. The third-order valence-corrected chi connectivity index (χ3v) is 3.40. The first-order valence-electron chi connectivity index (χ1n) is 6.77. The number of nitro benzene ring substituents is 1. The molecule has 0 bridgehead atoms. The van der Waals surface area contributed by atoms with Gasteiger partial charge in [0, 0.05) is 23.9 Å². The van der Waals surface area contributed by atoms with Crippen LogP contribution in [-0.2, 0) is 13.0 Å². The third-order valence-electron chi connectivity index (χ3n) is 3.40. The summed E-state index contributed by atoms with van der Waals surface area (Å²) in [6.07, 6.45) is 0.611. The van der Waals surface area contributed by atoms with Gasteiger partial charge in [0.1, 0.15) is 5.82 Å². The lowest BCUT2D eigenvalue weighted by atomic mass is 10.1. The number of nitro groups is 1. The van der Waals surface area contributed by atoms with Crippen LogP contribution in [0.15, 0.2) is 36.4 Å². The van der Waals surface area contributed by atoms with Crippen LogP contribution in [-0.4, -0.2) is 4.92 Å². The van der Waals surface area contributed by atoms with Crippen molar-refractivity contribution in [3.63, 3.8) is 0 Å². The van der Waals surface area contributed by atoms with Gasteiger partial charge in [-0.1, -0.05) is 25.1 Å². The molecule has 0 radical (unpaired) electrons. The summed E-state index contributed by atoms with van der Waals surface area (Å²) in [7, 11) is 0. The van der Waals surface area contributed by atoms with E-state index in [4.69, 9.17) is 0 Å². The van der Waals surface area contributed by atoms with Gasteiger partial charge in [-0.2, -0.15) is 0 Å². The summed E-state index contributed by atoms with van der Waals surface area (Å²) in [5.41, 5.74) is 2.85. The predicted octanol–water partition coefficient (Wildman–Crippen LogP) is 4.22. The summed E-state index contributed by atoms with van der Waals surface area (Å²) in [5, 5.41) is 14.1. The number of hydrogen-bond donors (Lipinski definition) is 1. The second-order valence-corrected chi connectivity index (χ2v) is 4.89. The highest BCUT2D eigenvalue weighted by molar-refractivity contribution is 5.55. The van der Waals surface area contributed by atoms with E-state index in [1.54, 1.807) is 25.1 Å². The monoisotopic (exact) mass is 288 g/mol. The lowest BCUT2D eigenvalue weighted by Crippen LogP contribution is -2.02. The molecule has 0 saturated heterocycles. The van der Waals surface area contributed by atoms with Gasteiger partial charge in [-0.05, 0) is 36.6 Å². The van der Waals surface area contributed by atoms with Crippen molar-refractivity contribution in [3.8, 4) is 0 Å². The Kier molecular flexibility index (Phi) is 4.52. The maximum Gasteiger partial charge on any atom is 0.274 e. The first-order valence-corrected chi connectivity index (χ1v) is 6.77. The van der Waals surface area contributed by atoms with Gasteiger partial charge in [-0.3, -0.25) is 10.1 Å². The Labute approximate surface area is 122 Å². The number of hydrogen-bond acceptors (Lipinski definition) is 3. The Balaban J connectivity index is 2.14. The number of benzene rings is 2. The minimum Gasteiger partial charge on any atom is -0.381 e. The zero-order valence-corrected chi connectivity index (χ0v) is 12.0. The summed E-state index contributed by atoms with van der Waals surface area (Å²) in [4.78, 5) is 10.6. The molecule has 0 spiro atoms. The van der Waals surface area contributed by atoms with Crippen LogP contribution in [0.2, 0.25) is 0 Å². The van der Waals surface area contributed by atoms with E-state index in [0.717, 1.165) is 5.56 Å². The highest BCUT2D eigenvalue weighted by atomic mass is 19.1. The molecule has 0 aliphatic rings. The SMILES string of the molecule is CCc1ccc(NCc2ccc(C)c(F)c2)cc1[N+](=O)[O-]. The molecule has 0 aromatic heterocycles. The molecule has 0 unspecified atom stereocenters. The van der Waals surface area contributed by atoms with E-state index in [2.05, 4.69) is 5.32 Å². The van der Waals surface area contributed by atoms with Crippen molar-refractivity contribution in [1.29, 1.82) is 0 Å². The Morgan fingerprint density at radius 3 is 2.62 bits per heavy atom. The smallest absolute Gasteiger partial charge is 0.274 e. The van der Waals surface area contributed by atoms with Crippen molar-refractivity contribution in [3.05, 3.63) is 69.0 Å². The van der Waals surface area contributed by atoms with Crippen LogP contribution < -0.4 is 5.32 Å². The highest BCUT2D eigenvalue weighted by Crippen LogP contribution is 2.24. The Hall–Kier alpha value is -2.43.